The lowest BCUT2D eigenvalue weighted by atomic mass is 10.2. The SMILES string of the molecule is NC[C@H]1CN(c2ccc(N3CCNN(C(=O)Nc4nc(C(=O)O)cs4)CC3)c(F)c2)C(=O)O1. The zero-order chi connectivity index (χ0) is 23.5. The summed E-state index contributed by atoms with van der Waals surface area (Å²) in [5.41, 5.74) is 9.08. The summed E-state index contributed by atoms with van der Waals surface area (Å²) in [7, 11) is 0. The molecule has 2 aliphatic heterocycles. The van der Waals surface area contributed by atoms with E-state index in [9.17, 15) is 18.8 Å². The van der Waals surface area contributed by atoms with Crippen molar-refractivity contribution in [1.82, 2.24) is 15.4 Å². The van der Waals surface area contributed by atoms with Crippen LogP contribution in [0.5, 0.6) is 0 Å². The number of urea groups is 1. The molecule has 1 atom stereocenters. The number of cyclic esters (lactones) is 1. The number of carboxylic acids is 1. The number of nitrogens with zero attached hydrogens (tertiary/aromatic N) is 4. The summed E-state index contributed by atoms with van der Waals surface area (Å²) in [5, 5.41) is 14.3. The first-order valence-corrected chi connectivity index (χ1v) is 11.0. The van der Waals surface area contributed by atoms with Gasteiger partial charge < -0.3 is 20.5 Å². The number of ether oxygens (including phenoxy) is 1. The van der Waals surface area contributed by atoms with Crippen molar-refractivity contribution >= 4 is 45.9 Å². The first-order valence-electron chi connectivity index (χ1n) is 10.1. The minimum absolute atomic E-state index is 0.148. The van der Waals surface area contributed by atoms with Gasteiger partial charge in [0, 0.05) is 31.6 Å². The maximum atomic E-state index is 14.9. The van der Waals surface area contributed by atoms with Crippen LogP contribution in [0.15, 0.2) is 23.6 Å². The normalized spacial score (nSPS) is 18.8. The predicted molar refractivity (Wildman–Crippen MR) is 118 cm³/mol. The van der Waals surface area contributed by atoms with Gasteiger partial charge in [-0.25, -0.2) is 29.2 Å². The Morgan fingerprint density at radius 3 is 2.85 bits per heavy atom. The molecule has 0 bridgehead atoms. The summed E-state index contributed by atoms with van der Waals surface area (Å²) in [5.74, 6) is -1.68. The number of carbonyl (C=O) groups excluding carboxylic acids is 2. The molecule has 0 spiro atoms. The molecule has 33 heavy (non-hydrogen) atoms. The molecule has 0 saturated carbocycles. The zero-order valence-electron chi connectivity index (χ0n) is 17.4. The van der Waals surface area contributed by atoms with Gasteiger partial charge in [-0.15, -0.1) is 11.3 Å². The van der Waals surface area contributed by atoms with Crippen LogP contribution in [0.1, 0.15) is 10.5 Å². The fraction of sp³-hybridized carbons (Fsp3) is 0.368. The van der Waals surface area contributed by atoms with Gasteiger partial charge in [-0.2, -0.15) is 0 Å². The summed E-state index contributed by atoms with van der Waals surface area (Å²) in [6.45, 7) is 1.83. The van der Waals surface area contributed by atoms with Crippen LogP contribution in [-0.4, -0.2) is 78.6 Å². The molecule has 2 aromatic rings. The summed E-state index contributed by atoms with van der Waals surface area (Å²) < 4.78 is 20.0. The van der Waals surface area contributed by atoms with Crippen LogP contribution in [-0.2, 0) is 4.74 Å². The second kappa shape index (κ2) is 9.56. The van der Waals surface area contributed by atoms with Crippen LogP contribution < -0.4 is 26.3 Å². The monoisotopic (exact) mass is 479 g/mol. The van der Waals surface area contributed by atoms with E-state index < -0.39 is 30.0 Å². The Kier molecular flexibility index (Phi) is 6.57. The van der Waals surface area contributed by atoms with Crippen LogP contribution in [0.2, 0.25) is 0 Å². The van der Waals surface area contributed by atoms with Crippen molar-refractivity contribution in [2.45, 2.75) is 6.10 Å². The molecule has 1 aromatic heterocycles. The maximum Gasteiger partial charge on any atom is 0.414 e. The number of benzene rings is 1. The molecule has 5 N–H and O–H groups in total. The number of hydrogen-bond acceptors (Lipinski definition) is 9. The molecule has 4 rings (SSSR count). The van der Waals surface area contributed by atoms with Crippen molar-refractivity contribution < 1.29 is 28.6 Å². The number of nitrogens with two attached hydrogens (primary N) is 1. The molecule has 3 amide bonds. The highest BCUT2D eigenvalue weighted by Crippen LogP contribution is 2.28. The van der Waals surface area contributed by atoms with E-state index in [0.29, 0.717) is 31.0 Å². The topological polar surface area (TPSA) is 153 Å². The predicted octanol–water partition coefficient (Wildman–Crippen LogP) is 1.12. The van der Waals surface area contributed by atoms with Gasteiger partial charge in [0.1, 0.15) is 11.9 Å². The lowest BCUT2D eigenvalue weighted by Crippen LogP contribution is -2.46. The molecule has 0 aliphatic carbocycles. The number of anilines is 3. The average molecular weight is 479 g/mol. The van der Waals surface area contributed by atoms with Crippen molar-refractivity contribution in [3.8, 4) is 0 Å². The fourth-order valence-electron chi connectivity index (χ4n) is 3.51. The van der Waals surface area contributed by atoms with Gasteiger partial charge in [-0.1, -0.05) is 0 Å². The summed E-state index contributed by atoms with van der Waals surface area (Å²) in [6, 6.07) is 4.01. The number of hydrogen-bond donors (Lipinski definition) is 4. The Labute approximate surface area is 191 Å². The lowest BCUT2D eigenvalue weighted by molar-refractivity contribution is 0.0691. The van der Waals surface area contributed by atoms with Crippen LogP contribution in [0.4, 0.5) is 30.5 Å². The minimum atomic E-state index is -1.18. The average Bonchev–Trinajstić information content (AvgIpc) is 3.33. The highest BCUT2D eigenvalue weighted by Gasteiger charge is 2.32. The van der Waals surface area contributed by atoms with E-state index in [2.05, 4.69) is 15.7 Å². The number of hydrazine groups is 1. The van der Waals surface area contributed by atoms with E-state index in [1.165, 1.54) is 21.4 Å². The first-order chi connectivity index (χ1) is 15.9. The van der Waals surface area contributed by atoms with Crippen LogP contribution >= 0.6 is 11.3 Å². The van der Waals surface area contributed by atoms with Gasteiger partial charge in [-0.05, 0) is 18.2 Å². The second-order valence-electron chi connectivity index (χ2n) is 7.31. The number of rotatable bonds is 5. The Bertz CT molecular complexity index is 1070. The Morgan fingerprint density at radius 1 is 1.36 bits per heavy atom. The Hall–Kier alpha value is -3.49. The maximum absolute atomic E-state index is 14.9. The van der Waals surface area contributed by atoms with Gasteiger partial charge in [-0.3, -0.25) is 15.2 Å². The van der Waals surface area contributed by atoms with Crippen molar-refractivity contribution in [2.75, 3.05) is 54.4 Å². The van der Waals surface area contributed by atoms with Crippen LogP contribution in [0, 0.1) is 5.82 Å². The number of thiazole rings is 1. The molecule has 2 saturated heterocycles. The Morgan fingerprint density at radius 2 is 2.18 bits per heavy atom. The highest BCUT2D eigenvalue weighted by atomic mass is 32.1. The van der Waals surface area contributed by atoms with Crippen LogP contribution in [0.25, 0.3) is 0 Å². The molecule has 14 heteroatoms. The minimum Gasteiger partial charge on any atom is -0.476 e. The largest absolute Gasteiger partial charge is 0.476 e. The standard InChI is InChI=1S/C19H22FN7O5S/c20-13-7-11(26-9-12(8-21)32-19(26)31)1-2-15(13)25-4-3-22-27(6-5-25)18(30)24-17-23-14(10-33-17)16(28)29/h1-2,7,10,12,22H,3-6,8-9,21H2,(H,28,29)(H,23,24,30)/t12-/m0/s1. The third-order valence-corrected chi connectivity index (χ3v) is 5.94. The molecule has 0 unspecified atom stereocenters. The quantitative estimate of drug-likeness (QED) is 0.494. The smallest absolute Gasteiger partial charge is 0.414 e. The van der Waals surface area contributed by atoms with E-state index in [-0.39, 0.29) is 30.5 Å². The second-order valence-corrected chi connectivity index (χ2v) is 8.17. The molecular formula is C19H22FN7O5S. The van der Waals surface area contributed by atoms with Gasteiger partial charge in [0.25, 0.3) is 0 Å². The van der Waals surface area contributed by atoms with E-state index in [1.54, 1.807) is 17.0 Å². The molecule has 12 nitrogen and oxygen atoms in total. The first kappa shape index (κ1) is 22.7. The molecule has 2 fully saturated rings. The van der Waals surface area contributed by atoms with Crippen molar-refractivity contribution in [3.63, 3.8) is 0 Å². The third kappa shape index (κ3) is 4.97. The number of aromatic carboxylic acids is 1. The summed E-state index contributed by atoms with van der Waals surface area (Å²) >= 11 is 1.01. The number of nitrogens with one attached hydrogen (secondary N) is 2. The number of halogens is 1. The van der Waals surface area contributed by atoms with E-state index in [1.807, 2.05) is 0 Å². The third-order valence-electron chi connectivity index (χ3n) is 5.18. The summed E-state index contributed by atoms with van der Waals surface area (Å²) in [6.07, 6.45) is -0.983. The van der Waals surface area contributed by atoms with Crippen molar-refractivity contribution in [1.29, 1.82) is 0 Å². The number of carboxylic acid groups (broad SMARTS) is 1. The lowest BCUT2D eigenvalue weighted by Gasteiger charge is -2.24. The molecule has 1 aromatic carbocycles. The Balaban J connectivity index is 1.38. The summed E-state index contributed by atoms with van der Waals surface area (Å²) in [4.78, 5) is 42.4. The van der Waals surface area contributed by atoms with E-state index in [4.69, 9.17) is 15.6 Å². The van der Waals surface area contributed by atoms with Crippen molar-refractivity contribution in [3.05, 3.63) is 35.1 Å². The van der Waals surface area contributed by atoms with Crippen molar-refractivity contribution in [2.24, 2.45) is 5.73 Å². The number of aromatic nitrogens is 1. The van der Waals surface area contributed by atoms with E-state index in [0.717, 1.165) is 11.3 Å². The molecule has 2 aliphatic rings. The van der Waals surface area contributed by atoms with Gasteiger partial charge in [0.2, 0.25) is 0 Å². The molecule has 0 radical (unpaired) electrons. The fourth-order valence-corrected chi connectivity index (χ4v) is 4.18. The number of amides is 3. The van der Waals surface area contributed by atoms with E-state index >= 15 is 0 Å². The number of carbonyl (C=O) groups is 3. The molecule has 3 heterocycles. The molecular weight excluding hydrogens is 457 g/mol. The highest BCUT2D eigenvalue weighted by molar-refractivity contribution is 7.14. The molecule has 176 valence electrons. The zero-order valence-corrected chi connectivity index (χ0v) is 18.2. The van der Waals surface area contributed by atoms with Gasteiger partial charge >= 0.3 is 18.1 Å². The van der Waals surface area contributed by atoms with Gasteiger partial charge in [0.05, 0.1) is 24.5 Å². The van der Waals surface area contributed by atoms with Gasteiger partial charge in [0.15, 0.2) is 10.8 Å². The van der Waals surface area contributed by atoms with Crippen LogP contribution in [0.3, 0.4) is 0 Å².